The third-order valence-corrected chi connectivity index (χ3v) is 2.80. The molecule has 0 radical (unpaired) electrons. The van der Waals surface area contributed by atoms with E-state index in [1.807, 2.05) is 27.9 Å². The van der Waals surface area contributed by atoms with Crippen LogP contribution in [0.25, 0.3) is 6.20 Å². The third-order valence-electron chi connectivity index (χ3n) is 1.99. The molecular formula is C9H16N2O7S2. The number of unbranched alkanes of at least 4 members (excludes halogenated alkanes) is 1. The predicted octanol–water partition coefficient (Wildman–Crippen LogP) is -0.451. The molecule has 1 aromatic rings. The molecule has 0 aliphatic heterocycles. The summed E-state index contributed by atoms with van der Waals surface area (Å²) in [6.07, 6.45) is 8.46. The lowest BCUT2D eigenvalue weighted by Gasteiger charge is -1.96. The lowest BCUT2D eigenvalue weighted by Crippen LogP contribution is -2.30. The van der Waals surface area contributed by atoms with E-state index in [0.717, 1.165) is 6.54 Å². The molecule has 0 amide bonds. The molecule has 11 heteroatoms. The van der Waals surface area contributed by atoms with Crippen LogP contribution in [0.4, 0.5) is 0 Å². The van der Waals surface area contributed by atoms with Crippen molar-refractivity contribution in [2.24, 2.45) is 0 Å². The van der Waals surface area contributed by atoms with Crippen LogP contribution >= 0.6 is 0 Å². The fourth-order valence-corrected chi connectivity index (χ4v) is 1.80. The monoisotopic (exact) mass is 328 g/mol. The zero-order chi connectivity index (χ0) is 15.8. The topological polar surface area (TPSA) is 141 Å². The first-order valence-electron chi connectivity index (χ1n) is 5.34. The van der Waals surface area contributed by atoms with Crippen LogP contribution in [0.2, 0.25) is 0 Å². The highest BCUT2D eigenvalue weighted by Gasteiger charge is 2.05. The maximum Gasteiger partial charge on any atom is 0.264 e. The molecule has 0 atom stereocenters. The lowest BCUT2D eigenvalue weighted by atomic mass is 10.3. The molecule has 1 rings (SSSR count). The Hall–Kier alpha value is -1.27. The van der Waals surface area contributed by atoms with E-state index in [1.165, 1.54) is 0 Å². The average Bonchev–Trinajstić information content (AvgIpc) is 2.68. The minimum absolute atomic E-state index is 0.171. The predicted molar refractivity (Wildman–Crippen MR) is 69.0 cm³/mol. The molecule has 0 fully saturated rings. The van der Waals surface area contributed by atoms with E-state index in [-0.39, 0.29) is 5.75 Å². The Labute approximate surface area is 117 Å². The van der Waals surface area contributed by atoms with Crippen molar-refractivity contribution in [1.29, 1.82) is 0 Å². The number of nitrogens with zero attached hydrogens (tertiary/aromatic N) is 2. The molecule has 0 aliphatic carbocycles. The molecule has 0 aliphatic rings. The molecule has 9 nitrogen and oxygen atoms in total. The van der Waals surface area contributed by atoms with Gasteiger partial charge in [-0.2, -0.15) is 8.42 Å². The zero-order valence-corrected chi connectivity index (χ0v) is 12.1. The third kappa shape index (κ3) is 13.2. The van der Waals surface area contributed by atoms with Crippen molar-refractivity contribution in [2.45, 2.75) is 19.4 Å². The largest absolute Gasteiger partial charge is 0.726 e. The maximum atomic E-state index is 10.4. The molecule has 0 saturated carbocycles. The van der Waals surface area contributed by atoms with Gasteiger partial charge in [0.2, 0.25) is 16.7 Å². The molecule has 20 heavy (non-hydrogen) atoms. The van der Waals surface area contributed by atoms with Crippen LogP contribution in [0.5, 0.6) is 0 Å². The van der Waals surface area contributed by atoms with Crippen molar-refractivity contribution in [3.63, 3.8) is 0 Å². The SMILES string of the molecule is C=Cn1cc[n+](CCCCS(=O)(=O)O)c1.O=S(=O)([O-])O. The Kier molecular flexibility index (Phi) is 7.60. The minimum atomic E-state index is -4.92. The number of aromatic nitrogens is 2. The van der Waals surface area contributed by atoms with Crippen LogP contribution in [0, 0.1) is 0 Å². The smallest absolute Gasteiger partial charge is 0.264 e. The summed E-state index contributed by atoms with van der Waals surface area (Å²) in [6.45, 7) is 4.34. The fraction of sp³-hybridized carbons (Fsp3) is 0.444. The van der Waals surface area contributed by atoms with Crippen molar-refractivity contribution in [3.8, 4) is 0 Å². The lowest BCUT2D eigenvalue weighted by molar-refractivity contribution is -0.696. The second-order valence-electron chi connectivity index (χ2n) is 3.70. The number of rotatable bonds is 6. The van der Waals surface area contributed by atoms with Gasteiger partial charge in [0.25, 0.3) is 10.1 Å². The normalized spacial score (nSPS) is 11.6. The summed E-state index contributed by atoms with van der Waals surface area (Å²) >= 11 is 0. The summed E-state index contributed by atoms with van der Waals surface area (Å²) in [5, 5.41) is 0. The Morgan fingerprint density at radius 3 is 2.20 bits per heavy atom. The van der Waals surface area contributed by atoms with Crippen LogP contribution in [0.3, 0.4) is 0 Å². The molecule has 0 aromatic carbocycles. The van der Waals surface area contributed by atoms with Gasteiger partial charge in [0.15, 0.2) is 0 Å². The van der Waals surface area contributed by atoms with Gasteiger partial charge in [-0.1, -0.05) is 6.58 Å². The van der Waals surface area contributed by atoms with Crippen molar-refractivity contribution < 1.29 is 35.1 Å². The number of hydrogen-bond acceptors (Lipinski definition) is 5. The van der Waals surface area contributed by atoms with Gasteiger partial charge in [-0.15, -0.1) is 0 Å². The van der Waals surface area contributed by atoms with Crippen LogP contribution in [-0.2, 0) is 27.1 Å². The Morgan fingerprint density at radius 2 is 1.80 bits per heavy atom. The molecule has 0 saturated heterocycles. The number of imidazole rings is 1. The average molecular weight is 328 g/mol. The first-order valence-corrected chi connectivity index (χ1v) is 8.31. The van der Waals surface area contributed by atoms with Crippen LogP contribution < -0.4 is 4.57 Å². The van der Waals surface area contributed by atoms with Crippen molar-refractivity contribution in [2.75, 3.05) is 5.75 Å². The number of hydrogen-bond donors (Lipinski definition) is 2. The van der Waals surface area contributed by atoms with Gasteiger partial charge in [-0.3, -0.25) is 9.11 Å². The van der Waals surface area contributed by atoms with Crippen molar-refractivity contribution in [1.82, 2.24) is 4.57 Å². The molecule has 1 heterocycles. The van der Waals surface area contributed by atoms with E-state index in [0.29, 0.717) is 12.8 Å². The van der Waals surface area contributed by atoms with Gasteiger partial charge in [0.1, 0.15) is 12.4 Å². The summed E-state index contributed by atoms with van der Waals surface area (Å²) in [5.41, 5.74) is 0. The van der Waals surface area contributed by atoms with E-state index in [4.69, 9.17) is 22.1 Å². The van der Waals surface area contributed by atoms with E-state index >= 15 is 0 Å². The molecule has 0 spiro atoms. The summed E-state index contributed by atoms with van der Waals surface area (Å²) in [6, 6.07) is 0. The van der Waals surface area contributed by atoms with Crippen molar-refractivity contribution >= 4 is 26.7 Å². The van der Waals surface area contributed by atoms with Crippen LogP contribution in [0.15, 0.2) is 25.3 Å². The van der Waals surface area contributed by atoms with Gasteiger partial charge in [0.05, 0.1) is 18.5 Å². The second-order valence-corrected chi connectivity index (χ2v) is 6.13. The van der Waals surface area contributed by atoms with Gasteiger partial charge in [0, 0.05) is 0 Å². The quantitative estimate of drug-likeness (QED) is 0.312. The summed E-state index contributed by atoms with van der Waals surface area (Å²) in [7, 11) is -8.73. The van der Waals surface area contributed by atoms with Crippen LogP contribution in [0.1, 0.15) is 12.8 Å². The first kappa shape index (κ1) is 18.7. The molecule has 0 bridgehead atoms. The first-order chi connectivity index (χ1) is 9.01. The Bertz CT molecular complexity index is 610. The van der Waals surface area contributed by atoms with Gasteiger partial charge < -0.3 is 4.55 Å². The zero-order valence-electron chi connectivity index (χ0n) is 10.5. The van der Waals surface area contributed by atoms with Gasteiger partial charge >= 0.3 is 0 Å². The molecule has 0 unspecified atom stereocenters. The van der Waals surface area contributed by atoms with Gasteiger partial charge in [-0.25, -0.2) is 17.6 Å². The van der Waals surface area contributed by atoms with E-state index in [9.17, 15) is 8.42 Å². The van der Waals surface area contributed by atoms with Crippen molar-refractivity contribution in [3.05, 3.63) is 25.3 Å². The Balaban J connectivity index is 0.000000621. The molecule has 1 aromatic heterocycles. The highest BCUT2D eigenvalue weighted by atomic mass is 32.3. The highest BCUT2D eigenvalue weighted by Crippen LogP contribution is 1.94. The van der Waals surface area contributed by atoms with Crippen LogP contribution in [-0.4, -0.2) is 40.8 Å². The maximum absolute atomic E-state index is 10.4. The summed E-state index contributed by atoms with van der Waals surface area (Å²) in [5.74, 6) is -0.171. The highest BCUT2D eigenvalue weighted by molar-refractivity contribution is 7.85. The fourth-order valence-electron chi connectivity index (χ4n) is 1.23. The number of aryl methyl sites for hydroxylation is 1. The minimum Gasteiger partial charge on any atom is -0.726 e. The molecular weight excluding hydrogens is 312 g/mol. The Morgan fingerprint density at radius 1 is 1.25 bits per heavy atom. The van der Waals surface area contributed by atoms with E-state index in [1.54, 1.807) is 6.20 Å². The summed E-state index contributed by atoms with van der Waals surface area (Å²) in [4.78, 5) is 0. The van der Waals surface area contributed by atoms with E-state index in [2.05, 4.69) is 6.58 Å². The summed E-state index contributed by atoms with van der Waals surface area (Å²) < 4.78 is 65.9. The second kappa shape index (κ2) is 8.11. The van der Waals surface area contributed by atoms with E-state index < -0.39 is 20.5 Å². The molecule has 116 valence electrons. The molecule has 2 N–H and O–H groups in total. The standard InChI is InChI=1S/C9H14N2O3S.H2O4S/c1-2-10-6-7-11(9-10)5-3-4-8-15(12,13)14;1-5(2,3)4/h2,6-7,9H,1,3-5,8H2;(H2,1,2,3,4). The van der Waals surface area contributed by atoms with Gasteiger partial charge in [-0.05, 0) is 12.8 Å².